The molecule has 0 spiro atoms. The molecule has 21 heavy (non-hydrogen) atoms. The van der Waals surface area contributed by atoms with Gasteiger partial charge in [0, 0.05) is 32.8 Å². The van der Waals surface area contributed by atoms with Crippen LogP contribution in [0.4, 0.5) is 11.6 Å². The van der Waals surface area contributed by atoms with Gasteiger partial charge in [-0.25, -0.2) is 9.97 Å². The van der Waals surface area contributed by atoms with E-state index >= 15 is 0 Å². The van der Waals surface area contributed by atoms with Gasteiger partial charge in [0.1, 0.15) is 18.0 Å². The SMILES string of the molecule is CN1CCN(c2cc(NC3CCCOC3)ncn2)CC1=O. The van der Waals surface area contributed by atoms with Gasteiger partial charge in [0.2, 0.25) is 5.91 Å². The number of aromatic nitrogens is 2. The zero-order valence-electron chi connectivity index (χ0n) is 12.3. The third-order valence-corrected chi connectivity index (χ3v) is 3.95. The van der Waals surface area contributed by atoms with Gasteiger partial charge < -0.3 is 19.9 Å². The topological polar surface area (TPSA) is 70.6 Å². The second-order valence-corrected chi connectivity index (χ2v) is 5.56. The fraction of sp³-hybridized carbons (Fsp3) is 0.643. The predicted molar refractivity (Wildman–Crippen MR) is 79.3 cm³/mol. The second kappa shape index (κ2) is 6.26. The lowest BCUT2D eigenvalue weighted by Crippen LogP contribution is -2.48. The normalized spacial score (nSPS) is 23.3. The third-order valence-electron chi connectivity index (χ3n) is 3.95. The molecule has 1 aromatic rings. The Bertz CT molecular complexity index is 504. The molecule has 3 heterocycles. The maximum absolute atomic E-state index is 11.8. The van der Waals surface area contributed by atoms with Crippen LogP contribution in [0.5, 0.6) is 0 Å². The lowest BCUT2D eigenvalue weighted by molar-refractivity contribution is -0.129. The summed E-state index contributed by atoms with van der Waals surface area (Å²) in [7, 11) is 1.83. The first-order valence-electron chi connectivity index (χ1n) is 7.37. The van der Waals surface area contributed by atoms with E-state index in [0.29, 0.717) is 19.2 Å². The monoisotopic (exact) mass is 291 g/mol. The summed E-state index contributed by atoms with van der Waals surface area (Å²) in [6.45, 7) is 3.45. The van der Waals surface area contributed by atoms with Gasteiger partial charge in [0.05, 0.1) is 19.2 Å². The van der Waals surface area contributed by atoms with Crippen LogP contribution in [0.15, 0.2) is 12.4 Å². The molecule has 1 atom stereocenters. The Morgan fingerprint density at radius 2 is 2.29 bits per heavy atom. The molecule has 2 saturated heterocycles. The number of hydrogen-bond donors (Lipinski definition) is 1. The molecule has 7 nitrogen and oxygen atoms in total. The van der Waals surface area contributed by atoms with Crippen LogP contribution in [0, 0.1) is 0 Å². The molecular formula is C14H21N5O2. The van der Waals surface area contributed by atoms with E-state index in [2.05, 4.69) is 15.3 Å². The van der Waals surface area contributed by atoms with Crippen molar-refractivity contribution in [3.63, 3.8) is 0 Å². The molecule has 114 valence electrons. The largest absolute Gasteiger partial charge is 0.379 e. The van der Waals surface area contributed by atoms with Gasteiger partial charge in [-0.15, -0.1) is 0 Å². The summed E-state index contributed by atoms with van der Waals surface area (Å²) in [4.78, 5) is 24.1. The summed E-state index contributed by atoms with van der Waals surface area (Å²) in [6, 6.07) is 2.21. The quantitative estimate of drug-likeness (QED) is 0.866. The number of piperazine rings is 1. The van der Waals surface area contributed by atoms with Crippen LogP contribution in [-0.4, -0.2) is 66.7 Å². The van der Waals surface area contributed by atoms with Crippen molar-refractivity contribution < 1.29 is 9.53 Å². The molecule has 2 fully saturated rings. The van der Waals surface area contributed by atoms with Crippen LogP contribution in [0.1, 0.15) is 12.8 Å². The molecule has 2 aliphatic heterocycles. The molecule has 0 saturated carbocycles. The molecule has 2 aliphatic rings. The number of carbonyl (C=O) groups is 1. The number of amides is 1. The molecule has 0 bridgehead atoms. The Balaban J connectivity index is 1.66. The number of anilines is 2. The number of carbonyl (C=O) groups excluding carboxylic acids is 1. The molecule has 1 N–H and O–H groups in total. The third kappa shape index (κ3) is 3.41. The highest BCUT2D eigenvalue weighted by Crippen LogP contribution is 2.18. The first-order valence-corrected chi connectivity index (χ1v) is 7.37. The van der Waals surface area contributed by atoms with Crippen LogP contribution in [-0.2, 0) is 9.53 Å². The number of nitrogens with one attached hydrogen (secondary N) is 1. The van der Waals surface area contributed by atoms with Crippen molar-refractivity contribution in [1.29, 1.82) is 0 Å². The van der Waals surface area contributed by atoms with Crippen LogP contribution >= 0.6 is 0 Å². The average Bonchev–Trinajstić information content (AvgIpc) is 2.51. The molecule has 7 heteroatoms. The van der Waals surface area contributed by atoms with Crippen molar-refractivity contribution in [2.24, 2.45) is 0 Å². The van der Waals surface area contributed by atoms with E-state index in [1.165, 1.54) is 0 Å². The van der Waals surface area contributed by atoms with Crippen molar-refractivity contribution in [3.05, 3.63) is 12.4 Å². The Hall–Kier alpha value is -1.89. The number of rotatable bonds is 3. The summed E-state index contributed by atoms with van der Waals surface area (Å²) >= 11 is 0. The summed E-state index contributed by atoms with van der Waals surface area (Å²) < 4.78 is 5.46. The maximum Gasteiger partial charge on any atom is 0.241 e. The zero-order chi connectivity index (χ0) is 14.7. The number of hydrogen-bond acceptors (Lipinski definition) is 6. The Morgan fingerprint density at radius 3 is 3.05 bits per heavy atom. The summed E-state index contributed by atoms with van der Waals surface area (Å²) in [5, 5.41) is 3.38. The van der Waals surface area contributed by atoms with Gasteiger partial charge in [0.25, 0.3) is 0 Å². The molecular weight excluding hydrogens is 270 g/mol. The van der Waals surface area contributed by atoms with E-state index in [0.717, 1.165) is 44.2 Å². The average molecular weight is 291 g/mol. The molecule has 0 radical (unpaired) electrons. The smallest absolute Gasteiger partial charge is 0.241 e. The maximum atomic E-state index is 11.8. The van der Waals surface area contributed by atoms with E-state index in [9.17, 15) is 4.79 Å². The predicted octanol–water partition coefficient (Wildman–Crippen LogP) is 0.346. The van der Waals surface area contributed by atoms with Gasteiger partial charge >= 0.3 is 0 Å². The standard InChI is InChI=1S/C14H21N5O2/c1-18-4-5-19(8-14(18)20)13-7-12(15-10-16-13)17-11-3-2-6-21-9-11/h7,10-11H,2-6,8-9H2,1H3,(H,15,16,17). The molecule has 1 aromatic heterocycles. The van der Waals surface area contributed by atoms with E-state index < -0.39 is 0 Å². The summed E-state index contributed by atoms with van der Waals surface area (Å²) in [6.07, 6.45) is 3.71. The molecule has 3 rings (SSSR count). The van der Waals surface area contributed by atoms with Crippen molar-refractivity contribution in [2.75, 3.05) is 50.1 Å². The Labute approximate surface area is 124 Å². The highest BCUT2D eigenvalue weighted by atomic mass is 16.5. The molecule has 1 unspecified atom stereocenters. The first-order chi connectivity index (χ1) is 10.2. The minimum absolute atomic E-state index is 0.120. The van der Waals surface area contributed by atoms with Gasteiger partial charge in [-0.1, -0.05) is 0 Å². The van der Waals surface area contributed by atoms with E-state index in [-0.39, 0.29) is 5.91 Å². The lowest BCUT2D eigenvalue weighted by Gasteiger charge is -2.32. The second-order valence-electron chi connectivity index (χ2n) is 5.56. The highest BCUT2D eigenvalue weighted by Gasteiger charge is 2.22. The summed E-state index contributed by atoms with van der Waals surface area (Å²) in [5.41, 5.74) is 0. The van der Waals surface area contributed by atoms with E-state index in [1.807, 2.05) is 18.0 Å². The van der Waals surface area contributed by atoms with Gasteiger partial charge in [-0.2, -0.15) is 0 Å². The number of likely N-dealkylation sites (N-methyl/N-ethyl adjacent to an activating group) is 1. The summed E-state index contributed by atoms with van der Waals surface area (Å²) in [5.74, 6) is 1.71. The van der Waals surface area contributed by atoms with Crippen LogP contribution in [0.25, 0.3) is 0 Å². The van der Waals surface area contributed by atoms with Crippen LogP contribution < -0.4 is 10.2 Å². The van der Waals surface area contributed by atoms with E-state index in [1.54, 1.807) is 11.2 Å². The molecule has 0 aromatic carbocycles. The zero-order valence-corrected chi connectivity index (χ0v) is 12.3. The van der Waals surface area contributed by atoms with Crippen LogP contribution in [0.2, 0.25) is 0 Å². The van der Waals surface area contributed by atoms with Gasteiger partial charge in [0.15, 0.2) is 0 Å². The lowest BCUT2D eigenvalue weighted by atomic mass is 10.1. The number of ether oxygens (including phenoxy) is 1. The van der Waals surface area contributed by atoms with E-state index in [4.69, 9.17) is 4.74 Å². The molecule has 1 amide bonds. The van der Waals surface area contributed by atoms with Crippen molar-refractivity contribution in [1.82, 2.24) is 14.9 Å². The first kappa shape index (κ1) is 14.1. The minimum atomic E-state index is 0.120. The van der Waals surface area contributed by atoms with Gasteiger partial charge in [-0.05, 0) is 12.8 Å². The fourth-order valence-electron chi connectivity index (χ4n) is 2.62. The highest BCUT2D eigenvalue weighted by molar-refractivity contribution is 5.82. The molecule has 0 aliphatic carbocycles. The Morgan fingerprint density at radius 1 is 1.38 bits per heavy atom. The number of nitrogens with zero attached hydrogens (tertiary/aromatic N) is 4. The van der Waals surface area contributed by atoms with Crippen molar-refractivity contribution in [3.8, 4) is 0 Å². The minimum Gasteiger partial charge on any atom is -0.379 e. The van der Waals surface area contributed by atoms with Crippen molar-refractivity contribution in [2.45, 2.75) is 18.9 Å². The van der Waals surface area contributed by atoms with Gasteiger partial charge in [-0.3, -0.25) is 4.79 Å². The van der Waals surface area contributed by atoms with Crippen molar-refractivity contribution >= 4 is 17.5 Å². The fourth-order valence-corrected chi connectivity index (χ4v) is 2.62. The van der Waals surface area contributed by atoms with Crippen LogP contribution in [0.3, 0.4) is 0 Å². The Kier molecular flexibility index (Phi) is 4.19.